The Balaban J connectivity index is 2.21. The van der Waals surface area contributed by atoms with E-state index in [9.17, 15) is 0 Å². The smallest absolute Gasteiger partial charge is 0.121 e. The molecule has 90 valence electrons. The van der Waals surface area contributed by atoms with Gasteiger partial charge in [-0.25, -0.2) is 0 Å². The van der Waals surface area contributed by atoms with E-state index in [-0.39, 0.29) is 0 Å². The third-order valence-electron chi connectivity index (χ3n) is 4.05. The molecule has 0 spiro atoms. The average molecular weight is 221 g/mol. The summed E-state index contributed by atoms with van der Waals surface area (Å²) in [7, 11) is 2.04. The lowest BCUT2D eigenvalue weighted by Crippen LogP contribution is -2.31. The van der Waals surface area contributed by atoms with Crippen LogP contribution in [0.15, 0.2) is 16.5 Å². The van der Waals surface area contributed by atoms with Gasteiger partial charge in [0.2, 0.25) is 0 Å². The first kappa shape index (κ1) is 11.7. The number of furan rings is 1. The van der Waals surface area contributed by atoms with Crippen molar-refractivity contribution in [1.29, 1.82) is 0 Å². The Morgan fingerprint density at radius 2 is 2.06 bits per heavy atom. The highest BCUT2D eigenvalue weighted by atomic mass is 16.3. The summed E-state index contributed by atoms with van der Waals surface area (Å²) in [6.45, 7) is 4.52. The second-order valence-electron chi connectivity index (χ2n) is 5.24. The van der Waals surface area contributed by atoms with Gasteiger partial charge in [0.1, 0.15) is 11.5 Å². The summed E-state index contributed by atoms with van der Waals surface area (Å²) < 4.78 is 5.90. The highest BCUT2D eigenvalue weighted by Crippen LogP contribution is 2.47. The first-order chi connectivity index (χ1) is 7.69. The maximum absolute atomic E-state index is 5.90. The van der Waals surface area contributed by atoms with E-state index in [2.05, 4.69) is 31.3 Å². The summed E-state index contributed by atoms with van der Waals surface area (Å²) in [6.07, 6.45) is 6.31. The largest absolute Gasteiger partial charge is 0.464 e. The molecule has 0 aromatic carbocycles. The number of aryl methyl sites for hydroxylation is 1. The summed E-state index contributed by atoms with van der Waals surface area (Å²) in [4.78, 5) is 0. The van der Waals surface area contributed by atoms with Crippen LogP contribution in [0.25, 0.3) is 0 Å². The lowest BCUT2D eigenvalue weighted by Gasteiger charge is -2.32. The molecule has 1 fully saturated rings. The summed E-state index contributed by atoms with van der Waals surface area (Å²) in [6, 6.07) is 4.62. The normalized spacial score (nSPS) is 21.2. The summed E-state index contributed by atoms with van der Waals surface area (Å²) >= 11 is 0. The molecule has 0 amide bonds. The molecule has 0 radical (unpaired) electrons. The van der Waals surface area contributed by atoms with Gasteiger partial charge in [0, 0.05) is 6.42 Å². The molecule has 16 heavy (non-hydrogen) atoms. The molecule has 0 aliphatic heterocycles. The molecule has 1 atom stereocenters. The van der Waals surface area contributed by atoms with Gasteiger partial charge in [0.15, 0.2) is 0 Å². The summed E-state index contributed by atoms with van der Waals surface area (Å²) in [5.41, 5.74) is 0.373. The standard InChI is InChI=1S/C14H23NO/c1-4-11-7-8-12(16-11)13(15-3)14(2)9-5-6-10-14/h7-8,13,15H,4-6,9-10H2,1-3H3. The van der Waals surface area contributed by atoms with E-state index in [1.165, 1.54) is 25.7 Å². The molecule has 1 saturated carbocycles. The zero-order chi connectivity index (χ0) is 11.6. The van der Waals surface area contributed by atoms with Crippen molar-refractivity contribution in [3.05, 3.63) is 23.7 Å². The maximum Gasteiger partial charge on any atom is 0.121 e. The Hall–Kier alpha value is -0.760. The Morgan fingerprint density at radius 3 is 2.56 bits per heavy atom. The lowest BCUT2D eigenvalue weighted by molar-refractivity contribution is 0.204. The molecule has 2 rings (SSSR count). The Kier molecular flexibility index (Phi) is 3.38. The van der Waals surface area contributed by atoms with Crippen LogP contribution < -0.4 is 5.32 Å². The molecule has 2 nitrogen and oxygen atoms in total. The van der Waals surface area contributed by atoms with Crippen molar-refractivity contribution in [1.82, 2.24) is 5.32 Å². The van der Waals surface area contributed by atoms with Crippen LogP contribution >= 0.6 is 0 Å². The third-order valence-corrected chi connectivity index (χ3v) is 4.05. The van der Waals surface area contributed by atoms with Crippen molar-refractivity contribution in [3.8, 4) is 0 Å². The Morgan fingerprint density at radius 1 is 1.38 bits per heavy atom. The number of rotatable bonds is 4. The molecular formula is C14H23NO. The fourth-order valence-electron chi connectivity index (χ4n) is 3.05. The van der Waals surface area contributed by atoms with Crippen LogP contribution in [-0.4, -0.2) is 7.05 Å². The van der Waals surface area contributed by atoms with Crippen LogP contribution in [0.4, 0.5) is 0 Å². The second kappa shape index (κ2) is 4.62. The Bertz CT molecular complexity index is 336. The number of hydrogen-bond donors (Lipinski definition) is 1. The van der Waals surface area contributed by atoms with Crippen molar-refractivity contribution in [3.63, 3.8) is 0 Å². The number of hydrogen-bond acceptors (Lipinski definition) is 2. The SMILES string of the molecule is CCc1ccc(C(NC)C2(C)CCCC2)o1. The molecular weight excluding hydrogens is 198 g/mol. The molecule has 1 aromatic heterocycles. The predicted octanol–water partition coefficient (Wildman–Crippen LogP) is 3.68. The van der Waals surface area contributed by atoms with Gasteiger partial charge in [-0.05, 0) is 37.4 Å². The van der Waals surface area contributed by atoms with E-state index >= 15 is 0 Å². The minimum Gasteiger partial charge on any atom is -0.464 e. The van der Waals surface area contributed by atoms with Crippen molar-refractivity contribution in [2.75, 3.05) is 7.05 Å². The minimum absolute atomic E-state index is 0.371. The van der Waals surface area contributed by atoms with E-state index in [1.807, 2.05) is 7.05 Å². The van der Waals surface area contributed by atoms with E-state index in [1.54, 1.807) is 0 Å². The highest BCUT2D eigenvalue weighted by Gasteiger charge is 2.38. The fraction of sp³-hybridized carbons (Fsp3) is 0.714. The zero-order valence-corrected chi connectivity index (χ0v) is 10.7. The molecule has 0 saturated heterocycles. The van der Waals surface area contributed by atoms with Gasteiger partial charge in [-0.1, -0.05) is 26.7 Å². The van der Waals surface area contributed by atoms with Gasteiger partial charge in [-0.2, -0.15) is 0 Å². The van der Waals surface area contributed by atoms with Crippen LogP contribution in [0.3, 0.4) is 0 Å². The zero-order valence-electron chi connectivity index (χ0n) is 10.7. The monoisotopic (exact) mass is 221 g/mol. The molecule has 1 aliphatic rings. The van der Waals surface area contributed by atoms with Gasteiger partial charge in [0.25, 0.3) is 0 Å². The van der Waals surface area contributed by atoms with Crippen LogP contribution in [0.1, 0.15) is 57.1 Å². The number of nitrogens with one attached hydrogen (secondary N) is 1. The molecule has 1 heterocycles. The second-order valence-corrected chi connectivity index (χ2v) is 5.24. The molecule has 2 heteroatoms. The van der Waals surface area contributed by atoms with Crippen LogP contribution in [0, 0.1) is 5.41 Å². The molecule has 1 unspecified atom stereocenters. The van der Waals surface area contributed by atoms with E-state index in [4.69, 9.17) is 4.42 Å². The van der Waals surface area contributed by atoms with Gasteiger partial charge < -0.3 is 9.73 Å². The van der Waals surface area contributed by atoms with Crippen LogP contribution in [-0.2, 0) is 6.42 Å². The maximum atomic E-state index is 5.90. The first-order valence-electron chi connectivity index (χ1n) is 6.45. The highest BCUT2D eigenvalue weighted by molar-refractivity contribution is 5.14. The van der Waals surface area contributed by atoms with Crippen molar-refractivity contribution >= 4 is 0 Å². The van der Waals surface area contributed by atoms with Crippen molar-refractivity contribution in [2.45, 2.75) is 52.0 Å². The van der Waals surface area contributed by atoms with Gasteiger partial charge >= 0.3 is 0 Å². The van der Waals surface area contributed by atoms with Gasteiger partial charge in [0.05, 0.1) is 6.04 Å². The molecule has 1 aliphatic carbocycles. The molecule has 1 N–H and O–H groups in total. The van der Waals surface area contributed by atoms with Crippen molar-refractivity contribution < 1.29 is 4.42 Å². The minimum atomic E-state index is 0.371. The third kappa shape index (κ3) is 2.03. The fourth-order valence-corrected chi connectivity index (χ4v) is 3.05. The molecule has 1 aromatic rings. The summed E-state index contributed by atoms with van der Waals surface area (Å²) in [5.74, 6) is 2.21. The lowest BCUT2D eigenvalue weighted by atomic mass is 9.79. The average Bonchev–Trinajstić information content (AvgIpc) is 2.89. The van der Waals surface area contributed by atoms with Crippen LogP contribution in [0.2, 0.25) is 0 Å². The van der Waals surface area contributed by atoms with Gasteiger partial charge in [-0.3, -0.25) is 0 Å². The first-order valence-corrected chi connectivity index (χ1v) is 6.45. The van der Waals surface area contributed by atoms with Gasteiger partial charge in [-0.15, -0.1) is 0 Å². The van der Waals surface area contributed by atoms with Crippen LogP contribution in [0.5, 0.6) is 0 Å². The van der Waals surface area contributed by atoms with Crippen molar-refractivity contribution in [2.24, 2.45) is 5.41 Å². The van der Waals surface area contributed by atoms with E-state index in [0.717, 1.165) is 17.9 Å². The van der Waals surface area contributed by atoms with E-state index in [0.29, 0.717) is 11.5 Å². The summed E-state index contributed by atoms with van der Waals surface area (Å²) in [5, 5.41) is 3.44. The quantitative estimate of drug-likeness (QED) is 0.839. The molecule has 0 bridgehead atoms. The predicted molar refractivity (Wildman–Crippen MR) is 66.5 cm³/mol. The Labute approximate surface area is 98.4 Å². The topological polar surface area (TPSA) is 25.2 Å². The van der Waals surface area contributed by atoms with E-state index < -0.39 is 0 Å².